The van der Waals surface area contributed by atoms with Gasteiger partial charge in [-0.15, -0.1) is 0 Å². The molecule has 0 radical (unpaired) electrons. The normalized spacial score (nSPS) is 11.5. The summed E-state index contributed by atoms with van der Waals surface area (Å²) in [6.07, 6.45) is 0.389. The lowest BCUT2D eigenvalue weighted by molar-refractivity contribution is 0.317. The predicted octanol–water partition coefficient (Wildman–Crippen LogP) is 3.76. The minimum Gasteiger partial charge on any atom is -0.411 e. The minimum atomic E-state index is 0.389. The quantitative estimate of drug-likeness (QED) is 0.449. The van der Waals surface area contributed by atoms with Gasteiger partial charge < -0.3 is 9.73 Å². The highest BCUT2D eigenvalue weighted by atomic mass is 16.5. The van der Waals surface area contributed by atoms with Crippen molar-refractivity contribution >= 4 is 5.71 Å². The molecule has 0 fully saturated rings. The van der Waals surface area contributed by atoms with Crippen molar-refractivity contribution in [1.29, 1.82) is 0 Å². The average Bonchev–Trinajstić information content (AvgIpc) is 3.03. The standard InChI is InChI=1S/C17H14N2O2/c20-18-16(13-7-3-1-4-8-13)11-15-12-17(19-21-15)14-9-5-2-6-10-14/h1-10,12,20H,11H2. The third-order valence-electron chi connectivity index (χ3n) is 3.20. The molecular formula is C17H14N2O2. The van der Waals surface area contributed by atoms with Gasteiger partial charge in [0.2, 0.25) is 0 Å². The molecular weight excluding hydrogens is 264 g/mol. The van der Waals surface area contributed by atoms with Crippen molar-refractivity contribution < 1.29 is 9.73 Å². The molecule has 4 heteroatoms. The monoisotopic (exact) mass is 278 g/mol. The fourth-order valence-electron chi connectivity index (χ4n) is 2.13. The molecule has 3 rings (SSSR count). The first-order valence-corrected chi connectivity index (χ1v) is 6.64. The molecule has 0 bridgehead atoms. The number of aromatic nitrogens is 1. The molecule has 0 atom stereocenters. The lowest BCUT2D eigenvalue weighted by Crippen LogP contribution is -2.04. The van der Waals surface area contributed by atoms with Crippen LogP contribution in [0.5, 0.6) is 0 Å². The largest absolute Gasteiger partial charge is 0.411 e. The van der Waals surface area contributed by atoms with Crippen LogP contribution in [0.25, 0.3) is 11.3 Å². The van der Waals surface area contributed by atoms with Crippen LogP contribution in [-0.2, 0) is 6.42 Å². The van der Waals surface area contributed by atoms with E-state index in [9.17, 15) is 5.21 Å². The van der Waals surface area contributed by atoms with E-state index in [0.717, 1.165) is 16.8 Å². The minimum absolute atomic E-state index is 0.389. The Morgan fingerprint density at radius 2 is 1.67 bits per heavy atom. The summed E-state index contributed by atoms with van der Waals surface area (Å²) in [6, 6.07) is 21.2. The van der Waals surface area contributed by atoms with Gasteiger partial charge in [-0.2, -0.15) is 0 Å². The van der Waals surface area contributed by atoms with E-state index in [2.05, 4.69) is 10.3 Å². The van der Waals surface area contributed by atoms with Gasteiger partial charge in [0.05, 0.1) is 12.1 Å². The number of nitrogens with zero attached hydrogens (tertiary/aromatic N) is 2. The SMILES string of the molecule is ON=C(Cc1cc(-c2ccccc2)no1)c1ccccc1. The molecule has 0 unspecified atom stereocenters. The second kappa shape index (κ2) is 6.05. The Balaban J connectivity index is 1.81. The Morgan fingerprint density at radius 3 is 2.33 bits per heavy atom. The van der Waals surface area contributed by atoms with Gasteiger partial charge in [-0.1, -0.05) is 71.0 Å². The summed E-state index contributed by atoms with van der Waals surface area (Å²) >= 11 is 0. The third kappa shape index (κ3) is 3.00. The molecule has 0 aliphatic rings. The summed E-state index contributed by atoms with van der Waals surface area (Å²) in [7, 11) is 0. The van der Waals surface area contributed by atoms with Gasteiger partial charge >= 0.3 is 0 Å². The molecule has 2 aromatic carbocycles. The molecule has 1 heterocycles. The Bertz CT molecular complexity index is 734. The first kappa shape index (κ1) is 13.1. The summed E-state index contributed by atoms with van der Waals surface area (Å²) in [5, 5.41) is 16.6. The highest BCUT2D eigenvalue weighted by Gasteiger charge is 2.11. The van der Waals surface area contributed by atoms with Crippen LogP contribution in [0.3, 0.4) is 0 Å². The molecule has 0 aliphatic carbocycles. The molecule has 0 aliphatic heterocycles. The van der Waals surface area contributed by atoms with Gasteiger partial charge in [-0.05, 0) is 5.56 Å². The molecule has 0 amide bonds. The lowest BCUT2D eigenvalue weighted by atomic mass is 10.1. The van der Waals surface area contributed by atoms with Crippen LogP contribution in [0, 0.1) is 0 Å². The molecule has 0 saturated heterocycles. The lowest BCUT2D eigenvalue weighted by Gasteiger charge is -2.01. The van der Waals surface area contributed by atoms with Crippen molar-refractivity contribution in [3.63, 3.8) is 0 Å². The van der Waals surface area contributed by atoms with Crippen LogP contribution < -0.4 is 0 Å². The zero-order valence-corrected chi connectivity index (χ0v) is 11.3. The maximum absolute atomic E-state index is 9.19. The second-order valence-electron chi connectivity index (χ2n) is 4.63. The summed E-state index contributed by atoms with van der Waals surface area (Å²) in [5.41, 5.74) is 3.18. The zero-order chi connectivity index (χ0) is 14.5. The van der Waals surface area contributed by atoms with Crippen LogP contribution in [0.1, 0.15) is 11.3 Å². The first-order chi connectivity index (χ1) is 10.4. The van der Waals surface area contributed by atoms with Gasteiger partial charge in [0.25, 0.3) is 0 Å². The summed E-state index contributed by atoms with van der Waals surface area (Å²) in [4.78, 5) is 0. The molecule has 104 valence electrons. The smallest absolute Gasteiger partial charge is 0.143 e. The summed E-state index contributed by atoms with van der Waals surface area (Å²) in [5.74, 6) is 0.658. The highest BCUT2D eigenvalue weighted by molar-refractivity contribution is 6.01. The maximum atomic E-state index is 9.19. The topological polar surface area (TPSA) is 58.6 Å². The molecule has 1 aromatic heterocycles. The fraction of sp³-hybridized carbons (Fsp3) is 0.0588. The molecule has 3 aromatic rings. The molecule has 0 saturated carbocycles. The fourth-order valence-corrected chi connectivity index (χ4v) is 2.13. The van der Waals surface area contributed by atoms with Gasteiger partial charge in [0.15, 0.2) is 0 Å². The van der Waals surface area contributed by atoms with E-state index in [1.54, 1.807) is 0 Å². The van der Waals surface area contributed by atoms with Crippen molar-refractivity contribution in [3.05, 3.63) is 78.1 Å². The number of benzene rings is 2. The van der Waals surface area contributed by atoms with Crippen molar-refractivity contribution in [1.82, 2.24) is 5.16 Å². The van der Waals surface area contributed by atoms with Crippen molar-refractivity contribution in [2.24, 2.45) is 5.16 Å². The molecule has 21 heavy (non-hydrogen) atoms. The van der Waals surface area contributed by atoms with Crippen LogP contribution >= 0.6 is 0 Å². The molecule has 4 nitrogen and oxygen atoms in total. The maximum Gasteiger partial charge on any atom is 0.143 e. The number of hydrogen-bond acceptors (Lipinski definition) is 4. The predicted molar refractivity (Wildman–Crippen MR) is 80.4 cm³/mol. The van der Waals surface area contributed by atoms with E-state index in [0.29, 0.717) is 17.9 Å². The molecule has 1 N–H and O–H groups in total. The number of rotatable bonds is 4. The van der Waals surface area contributed by atoms with Crippen LogP contribution in [-0.4, -0.2) is 16.1 Å². The first-order valence-electron chi connectivity index (χ1n) is 6.64. The Kier molecular flexibility index (Phi) is 3.78. The van der Waals surface area contributed by atoms with Crippen LogP contribution in [0.2, 0.25) is 0 Å². The highest BCUT2D eigenvalue weighted by Crippen LogP contribution is 2.19. The van der Waals surface area contributed by atoms with Crippen molar-refractivity contribution in [2.45, 2.75) is 6.42 Å². The van der Waals surface area contributed by atoms with E-state index >= 15 is 0 Å². The Hall–Kier alpha value is -2.88. The Morgan fingerprint density at radius 1 is 1.00 bits per heavy atom. The van der Waals surface area contributed by atoms with Gasteiger partial charge in [0.1, 0.15) is 11.5 Å². The Labute approximate surface area is 122 Å². The van der Waals surface area contributed by atoms with E-state index in [1.807, 2.05) is 66.7 Å². The molecule has 0 spiro atoms. The summed E-state index contributed by atoms with van der Waals surface area (Å²) < 4.78 is 5.33. The van der Waals surface area contributed by atoms with Crippen LogP contribution in [0.15, 0.2) is 76.4 Å². The van der Waals surface area contributed by atoms with E-state index in [-0.39, 0.29) is 0 Å². The van der Waals surface area contributed by atoms with E-state index < -0.39 is 0 Å². The van der Waals surface area contributed by atoms with Crippen molar-refractivity contribution in [2.75, 3.05) is 0 Å². The van der Waals surface area contributed by atoms with E-state index in [1.165, 1.54) is 0 Å². The summed E-state index contributed by atoms with van der Waals surface area (Å²) in [6.45, 7) is 0. The van der Waals surface area contributed by atoms with Crippen molar-refractivity contribution in [3.8, 4) is 11.3 Å². The number of hydrogen-bond donors (Lipinski definition) is 1. The average molecular weight is 278 g/mol. The number of oxime groups is 1. The van der Waals surface area contributed by atoms with Gasteiger partial charge in [0, 0.05) is 11.6 Å². The second-order valence-corrected chi connectivity index (χ2v) is 4.63. The van der Waals surface area contributed by atoms with Gasteiger partial charge in [-0.3, -0.25) is 0 Å². The van der Waals surface area contributed by atoms with Crippen LogP contribution in [0.4, 0.5) is 0 Å². The zero-order valence-electron chi connectivity index (χ0n) is 11.3. The third-order valence-corrected chi connectivity index (χ3v) is 3.20. The van der Waals surface area contributed by atoms with Gasteiger partial charge in [-0.25, -0.2) is 0 Å². The van der Waals surface area contributed by atoms with E-state index in [4.69, 9.17) is 4.52 Å².